The molecule has 0 N–H and O–H groups in total. The summed E-state index contributed by atoms with van der Waals surface area (Å²) in [5.74, 6) is -0.310. The van der Waals surface area contributed by atoms with E-state index >= 15 is 0 Å². The minimum absolute atomic E-state index is 0.0652. The Bertz CT molecular complexity index is 924. The van der Waals surface area contributed by atoms with Gasteiger partial charge in [-0.1, -0.05) is 48.5 Å². The molecular weight excluding hydrogens is 386 g/mol. The number of nitrogens with zero attached hydrogens (tertiary/aromatic N) is 1. The van der Waals surface area contributed by atoms with E-state index in [-0.39, 0.29) is 24.1 Å². The predicted molar refractivity (Wildman–Crippen MR) is 104 cm³/mol. The zero-order valence-corrected chi connectivity index (χ0v) is 16.4. The number of carbonyl (C=O) groups excluding carboxylic acids is 1. The quantitative estimate of drug-likeness (QED) is 0.717. The first-order chi connectivity index (χ1) is 14.8. The van der Waals surface area contributed by atoms with Crippen molar-refractivity contribution in [2.75, 3.05) is 19.8 Å². The number of hydrogen-bond donors (Lipinski definition) is 0. The lowest BCUT2D eigenvalue weighted by molar-refractivity contribution is -0.286. The molecule has 30 heavy (non-hydrogen) atoms. The molecule has 4 aliphatic heterocycles. The van der Waals surface area contributed by atoms with Crippen molar-refractivity contribution < 1.29 is 28.6 Å². The standard InChI is InChI=1S/C23H23NO6/c25-21(16-9-5-2-6-10-16)30-19-18-14-27-22(29-18)20-23(19)17(12-26-20)13-28-24(23)11-15-7-3-1-4-8-15/h1-10,17-20,22H,11-14H2/t17-,18-,19-,20-,22-,23-/m1/s1. The van der Waals surface area contributed by atoms with Gasteiger partial charge >= 0.3 is 5.97 Å². The van der Waals surface area contributed by atoms with Crippen LogP contribution in [0.15, 0.2) is 60.7 Å². The fraction of sp³-hybridized carbons (Fsp3) is 0.435. The minimum Gasteiger partial charge on any atom is -0.454 e. The molecule has 2 aromatic carbocycles. The van der Waals surface area contributed by atoms with Crippen molar-refractivity contribution in [2.24, 2.45) is 5.92 Å². The highest BCUT2D eigenvalue weighted by Gasteiger charge is 2.73. The van der Waals surface area contributed by atoms with Crippen LogP contribution in [0.1, 0.15) is 15.9 Å². The van der Waals surface area contributed by atoms with Crippen molar-refractivity contribution in [1.29, 1.82) is 0 Å². The van der Waals surface area contributed by atoms with E-state index in [2.05, 4.69) is 12.1 Å². The molecule has 0 aromatic heterocycles. The number of rotatable bonds is 4. The number of carbonyl (C=O) groups is 1. The van der Waals surface area contributed by atoms with E-state index < -0.39 is 17.9 Å². The molecule has 7 heteroatoms. The fourth-order valence-electron chi connectivity index (χ4n) is 5.29. The van der Waals surface area contributed by atoms with Crippen molar-refractivity contribution in [1.82, 2.24) is 5.06 Å². The predicted octanol–water partition coefficient (Wildman–Crippen LogP) is 2.17. The summed E-state index contributed by atoms with van der Waals surface area (Å²) in [7, 11) is 0. The first-order valence-corrected chi connectivity index (χ1v) is 10.4. The molecular formula is C23H23NO6. The third-order valence-corrected chi connectivity index (χ3v) is 6.64. The largest absolute Gasteiger partial charge is 0.454 e. The van der Waals surface area contributed by atoms with E-state index in [9.17, 15) is 4.79 Å². The molecule has 7 nitrogen and oxygen atoms in total. The topological polar surface area (TPSA) is 66.5 Å². The summed E-state index contributed by atoms with van der Waals surface area (Å²) >= 11 is 0. The molecule has 0 radical (unpaired) electrons. The lowest BCUT2D eigenvalue weighted by Crippen LogP contribution is -2.70. The van der Waals surface area contributed by atoms with Crippen LogP contribution in [0, 0.1) is 5.92 Å². The zero-order valence-electron chi connectivity index (χ0n) is 16.4. The van der Waals surface area contributed by atoms with E-state index in [1.54, 1.807) is 12.1 Å². The van der Waals surface area contributed by atoms with Gasteiger partial charge in [-0.3, -0.25) is 4.84 Å². The van der Waals surface area contributed by atoms with E-state index in [0.717, 1.165) is 5.56 Å². The van der Waals surface area contributed by atoms with Crippen LogP contribution >= 0.6 is 0 Å². The van der Waals surface area contributed by atoms with Crippen molar-refractivity contribution >= 4 is 5.97 Å². The highest BCUT2D eigenvalue weighted by atomic mass is 16.8. The number of ether oxygens (including phenoxy) is 4. The molecule has 1 spiro atoms. The van der Waals surface area contributed by atoms with Crippen LogP contribution in [-0.2, 0) is 30.3 Å². The summed E-state index contributed by atoms with van der Waals surface area (Å²) in [6.07, 6.45) is -1.79. The van der Waals surface area contributed by atoms with Crippen molar-refractivity contribution in [3.63, 3.8) is 0 Å². The van der Waals surface area contributed by atoms with Crippen LogP contribution in [0.3, 0.4) is 0 Å². The summed E-state index contributed by atoms with van der Waals surface area (Å²) in [5.41, 5.74) is 0.978. The van der Waals surface area contributed by atoms with Crippen molar-refractivity contribution in [2.45, 2.75) is 36.7 Å². The van der Waals surface area contributed by atoms with Crippen molar-refractivity contribution in [3.05, 3.63) is 71.8 Å². The van der Waals surface area contributed by atoms with Gasteiger partial charge in [-0.15, -0.1) is 0 Å². The zero-order chi connectivity index (χ0) is 20.1. The summed E-state index contributed by atoms with van der Waals surface area (Å²) in [6, 6.07) is 19.2. The van der Waals surface area contributed by atoms with Gasteiger partial charge < -0.3 is 18.9 Å². The Morgan fingerprint density at radius 1 is 1.00 bits per heavy atom. The average Bonchev–Trinajstić information content (AvgIpc) is 3.47. The van der Waals surface area contributed by atoms with Gasteiger partial charge in [0.1, 0.15) is 17.7 Å². The Kier molecular flexibility index (Phi) is 4.40. The van der Waals surface area contributed by atoms with Crippen molar-refractivity contribution in [3.8, 4) is 0 Å². The Morgan fingerprint density at radius 3 is 2.57 bits per heavy atom. The van der Waals surface area contributed by atoms with Crippen LogP contribution in [0.5, 0.6) is 0 Å². The molecule has 4 saturated heterocycles. The molecule has 6 atom stereocenters. The Balaban J connectivity index is 1.38. The second kappa shape index (κ2) is 7.14. The molecule has 0 amide bonds. The molecule has 0 unspecified atom stereocenters. The third-order valence-electron chi connectivity index (χ3n) is 6.64. The maximum atomic E-state index is 13.0. The Morgan fingerprint density at radius 2 is 1.77 bits per heavy atom. The second-order valence-electron chi connectivity index (χ2n) is 8.22. The monoisotopic (exact) mass is 409 g/mol. The van der Waals surface area contributed by atoms with E-state index in [0.29, 0.717) is 31.9 Å². The van der Waals surface area contributed by atoms with Crippen LogP contribution in [-0.4, -0.2) is 61.0 Å². The molecule has 4 aliphatic rings. The van der Waals surface area contributed by atoms with Gasteiger partial charge in [0.25, 0.3) is 0 Å². The smallest absolute Gasteiger partial charge is 0.338 e. The van der Waals surface area contributed by atoms with Crippen LogP contribution < -0.4 is 0 Å². The number of hydroxylamine groups is 2. The maximum absolute atomic E-state index is 13.0. The molecule has 2 bridgehead atoms. The summed E-state index contributed by atoms with van der Waals surface area (Å²) < 4.78 is 24.3. The third kappa shape index (κ3) is 2.67. The van der Waals surface area contributed by atoms with Gasteiger partial charge in [0.05, 0.1) is 31.9 Å². The van der Waals surface area contributed by atoms with Gasteiger partial charge in [0.2, 0.25) is 0 Å². The molecule has 2 aromatic rings. The Hall–Kier alpha value is -2.29. The van der Waals surface area contributed by atoms with Gasteiger partial charge in [0.15, 0.2) is 12.4 Å². The van der Waals surface area contributed by atoms with Crippen LogP contribution in [0.4, 0.5) is 0 Å². The first kappa shape index (κ1) is 18.5. The molecule has 4 fully saturated rings. The highest BCUT2D eigenvalue weighted by molar-refractivity contribution is 5.89. The number of fused-ring (bicyclic) bond motifs is 3. The lowest BCUT2D eigenvalue weighted by Gasteiger charge is -2.49. The van der Waals surface area contributed by atoms with Gasteiger partial charge in [-0.05, 0) is 17.7 Å². The average molecular weight is 409 g/mol. The molecule has 6 rings (SSSR count). The first-order valence-electron chi connectivity index (χ1n) is 10.4. The molecule has 0 saturated carbocycles. The van der Waals surface area contributed by atoms with Crippen LogP contribution in [0.25, 0.3) is 0 Å². The molecule has 156 valence electrons. The minimum atomic E-state index is -0.648. The van der Waals surface area contributed by atoms with E-state index in [1.807, 2.05) is 41.5 Å². The number of hydrogen-bond acceptors (Lipinski definition) is 7. The Labute approximate surface area is 174 Å². The molecule has 4 heterocycles. The van der Waals surface area contributed by atoms with Crippen LogP contribution in [0.2, 0.25) is 0 Å². The normalized spacial score (nSPS) is 37.0. The molecule has 0 aliphatic carbocycles. The summed E-state index contributed by atoms with van der Waals surface area (Å²) in [4.78, 5) is 19.2. The van der Waals surface area contributed by atoms with E-state index in [1.165, 1.54) is 0 Å². The maximum Gasteiger partial charge on any atom is 0.338 e. The van der Waals surface area contributed by atoms with E-state index in [4.69, 9.17) is 23.8 Å². The number of esters is 1. The van der Waals surface area contributed by atoms with Gasteiger partial charge in [-0.2, -0.15) is 5.06 Å². The van der Waals surface area contributed by atoms with Gasteiger partial charge in [0, 0.05) is 5.92 Å². The second-order valence-corrected chi connectivity index (χ2v) is 8.22. The summed E-state index contributed by atoms with van der Waals surface area (Å²) in [5, 5.41) is 1.96. The summed E-state index contributed by atoms with van der Waals surface area (Å²) in [6.45, 7) is 1.97. The SMILES string of the molecule is O=C(O[C@@H]1[C@H]2CO[C@H](O2)[C@H]2OC[C@@H]3CON(Cc4ccccc4)[C@@]321)c1ccccc1. The lowest BCUT2D eigenvalue weighted by atomic mass is 9.74. The number of benzene rings is 2. The fourth-order valence-corrected chi connectivity index (χ4v) is 5.29. The highest BCUT2D eigenvalue weighted by Crippen LogP contribution is 2.53. The van der Waals surface area contributed by atoms with Gasteiger partial charge in [-0.25, -0.2) is 4.79 Å².